The van der Waals surface area contributed by atoms with Crippen LogP contribution in [0.5, 0.6) is 11.5 Å². The monoisotopic (exact) mass is 552 g/mol. The third-order valence-electron chi connectivity index (χ3n) is 4.39. The Morgan fingerprint density at radius 2 is 2.03 bits per heavy atom. The van der Waals surface area contributed by atoms with E-state index in [1.54, 1.807) is 31.2 Å². The van der Waals surface area contributed by atoms with Gasteiger partial charge in [0.05, 0.1) is 22.7 Å². The molecule has 0 unspecified atom stereocenters. The second-order valence-corrected chi connectivity index (χ2v) is 7.66. The van der Waals surface area contributed by atoms with Crippen LogP contribution in [0.15, 0.2) is 41.0 Å². The van der Waals surface area contributed by atoms with E-state index in [0.717, 1.165) is 0 Å². The van der Waals surface area contributed by atoms with Crippen LogP contribution in [-0.4, -0.2) is 43.6 Å². The van der Waals surface area contributed by atoms with Crippen molar-refractivity contribution < 1.29 is 33.5 Å². The molecule has 1 aliphatic rings. The van der Waals surface area contributed by atoms with Crippen molar-refractivity contribution in [3.63, 3.8) is 0 Å². The van der Waals surface area contributed by atoms with Gasteiger partial charge in [-0.15, -0.1) is 0 Å². The molecule has 3 rings (SSSR count). The zero-order valence-corrected chi connectivity index (χ0v) is 19.4. The number of aliphatic imine (C=N–C) groups is 1. The molecule has 32 heavy (non-hydrogen) atoms. The molecule has 0 atom stereocenters. The first-order valence-electron chi connectivity index (χ1n) is 9.08. The van der Waals surface area contributed by atoms with Crippen LogP contribution in [0.4, 0.5) is 5.69 Å². The van der Waals surface area contributed by atoms with E-state index in [4.69, 9.17) is 14.2 Å². The molecule has 0 bridgehead atoms. The lowest BCUT2D eigenvalue weighted by Crippen LogP contribution is -2.13. The van der Waals surface area contributed by atoms with Crippen LogP contribution >= 0.6 is 22.6 Å². The van der Waals surface area contributed by atoms with Gasteiger partial charge in [-0.25, -0.2) is 14.6 Å². The largest absolute Gasteiger partial charge is 0.493 e. The van der Waals surface area contributed by atoms with Gasteiger partial charge in [-0.3, -0.25) is 10.1 Å². The van der Waals surface area contributed by atoms with Crippen molar-refractivity contribution in [2.45, 2.75) is 6.92 Å². The van der Waals surface area contributed by atoms with Crippen molar-refractivity contribution in [2.75, 3.05) is 20.8 Å². The first-order chi connectivity index (χ1) is 15.2. The van der Waals surface area contributed by atoms with Crippen molar-refractivity contribution in [3.8, 4) is 11.5 Å². The summed E-state index contributed by atoms with van der Waals surface area (Å²) >= 11 is 2.01. The van der Waals surface area contributed by atoms with E-state index in [-0.39, 0.29) is 23.9 Å². The lowest BCUT2D eigenvalue weighted by Gasteiger charge is -2.12. The van der Waals surface area contributed by atoms with Gasteiger partial charge in [0.2, 0.25) is 5.90 Å². The molecule has 0 aromatic heterocycles. The molecule has 166 valence electrons. The fourth-order valence-electron chi connectivity index (χ4n) is 2.78. The number of hydrogen-bond acceptors (Lipinski definition) is 9. The normalized spacial score (nSPS) is 14.1. The smallest absolute Gasteiger partial charge is 0.363 e. The van der Waals surface area contributed by atoms with E-state index in [9.17, 15) is 19.7 Å². The molecule has 2 aromatic carbocycles. The van der Waals surface area contributed by atoms with Crippen LogP contribution < -0.4 is 9.47 Å². The minimum atomic E-state index is -0.691. The summed E-state index contributed by atoms with van der Waals surface area (Å²) in [7, 11) is 2.70. The number of nitrogens with zero attached hydrogens (tertiary/aromatic N) is 2. The Balaban J connectivity index is 1.92. The molecule has 0 spiro atoms. The molecule has 0 saturated carbocycles. The second kappa shape index (κ2) is 9.77. The number of carbonyl (C=O) groups is 2. The molecule has 1 aliphatic heterocycles. The Morgan fingerprint density at radius 3 is 2.69 bits per heavy atom. The van der Waals surface area contributed by atoms with Crippen LogP contribution in [0.3, 0.4) is 0 Å². The Hall–Kier alpha value is -3.48. The highest BCUT2D eigenvalue weighted by Gasteiger charge is 2.26. The number of esters is 2. The summed E-state index contributed by atoms with van der Waals surface area (Å²) in [5, 5.41) is 11.2. The summed E-state index contributed by atoms with van der Waals surface area (Å²) in [5.41, 5.74) is 1.29. The maximum Gasteiger partial charge on any atom is 0.363 e. The predicted molar refractivity (Wildman–Crippen MR) is 122 cm³/mol. The van der Waals surface area contributed by atoms with Crippen molar-refractivity contribution in [2.24, 2.45) is 4.99 Å². The van der Waals surface area contributed by atoms with Gasteiger partial charge >= 0.3 is 11.9 Å². The molecule has 1 heterocycles. The Kier molecular flexibility index (Phi) is 7.08. The lowest BCUT2D eigenvalue weighted by molar-refractivity contribution is -0.385. The van der Waals surface area contributed by atoms with Gasteiger partial charge in [-0.2, -0.15) is 0 Å². The SMILES string of the molecule is COC(=O)COc1c(I)cc(/C=C2\N=C(c3ccc(C)c([N+](=O)[O-])c3)OC2=O)cc1OC. The molecule has 0 saturated heterocycles. The topological polar surface area (TPSA) is 127 Å². The minimum absolute atomic E-state index is 0.0179. The zero-order valence-electron chi connectivity index (χ0n) is 17.2. The van der Waals surface area contributed by atoms with Gasteiger partial charge in [0.1, 0.15) is 0 Å². The third kappa shape index (κ3) is 5.04. The fourth-order valence-corrected chi connectivity index (χ4v) is 3.56. The van der Waals surface area contributed by atoms with E-state index in [0.29, 0.717) is 31.8 Å². The van der Waals surface area contributed by atoms with Crippen LogP contribution in [0.25, 0.3) is 6.08 Å². The highest BCUT2D eigenvalue weighted by molar-refractivity contribution is 14.1. The first kappa shape index (κ1) is 23.2. The molecule has 11 heteroatoms. The van der Waals surface area contributed by atoms with Crippen LogP contribution in [0, 0.1) is 20.6 Å². The van der Waals surface area contributed by atoms with Gasteiger partial charge in [0.15, 0.2) is 23.8 Å². The van der Waals surface area contributed by atoms with Crippen molar-refractivity contribution in [1.82, 2.24) is 0 Å². The first-order valence-corrected chi connectivity index (χ1v) is 10.2. The maximum absolute atomic E-state index is 12.3. The number of rotatable bonds is 7. The number of nitro groups is 1. The number of ether oxygens (including phenoxy) is 4. The molecule has 2 aromatic rings. The molecule has 0 fully saturated rings. The summed E-state index contributed by atoms with van der Waals surface area (Å²) in [4.78, 5) is 38.5. The summed E-state index contributed by atoms with van der Waals surface area (Å²) in [6, 6.07) is 7.78. The van der Waals surface area contributed by atoms with E-state index < -0.39 is 16.9 Å². The summed E-state index contributed by atoms with van der Waals surface area (Å²) in [6.45, 7) is 1.33. The van der Waals surface area contributed by atoms with Gasteiger partial charge < -0.3 is 18.9 Å². The van der Waals surface area contributed by atoms with E-state index in [2.05, 4.69) is 9.73 Å². The summed E-state index contributed by atoms with van der Waals surface area (Å²) < 4.78 is 21.2. The minimum Gasteiger partial charge on any atom is -0.493 e. The molecule has 0 radical (unpaired) electrons. The number of methoxy groups -OCH3 is 2. The van der Waals surface area contributed by atoms with Crippen molar-refractivity contribution >= 4 is 52.2 Å². The average molecular weight is 552 g/mol. The highest BCUT2D eigenvalue weighted by atomic mass is 127. The number of aryl methyl sites for hydroxylation is 1. The standard InChI is InChI=1S/C21H17IN2O8/c1-11-4-5-13(9-16(11)24(27)28)20-23-15(21(26)32-20)7-12-6-14(22)19(17(8-12)29-2)31-10-18(25)30-3/h4-9H,10H2,1-3H3/b15-7-. The van der Waals surface area contributed by atoms with Crippen LogP contribution in [-0.2, 0) is 19.1 Å². The Morgan fingerprint density at radius 1 is 1.28 bits per heavy atom. The van der Waals surface area contributed by atoms with Crippen molar-refractivity contribution in [3.05, 3.63) is 66.4 Å². The summed E-state index contributed by atoms with van der Waals surface area (Å²) in [6.07, 6.45) is 1.49. The number of carbonyl (C=O) groups excluding carboxylic acids is 2. The predicted octanol–water partition coefficient (Wildman–Crippen LogP) is 3.41. The number of benzene rings is 2. The third-order valence-corrected chi connectivity index (χ3v) is 5.19. The van der Waals surface area contributed by atoms with Crippen molar-refractivity contribution in [1.29, 1.82) is 0 Å². The van der Waals surface area contributed by atoms with E-state index in [1.807, 2.05) is 22.6 Å². The number of nitro benzene ring substituents is 1. The number of halogens is 1. The fraction of sp³-hybridized carbons (Fsp3) is 0.190. The number of cyclic esters (lactones) is 1. The average Bonchev–Trinajstić information content (AvgIpc) is 3.12. The summed E-state index contributed by atoms with van der Waals surface area (Å²) in [5.74, 6) is -0.559. The van der Waals surface area contributed by atoms with E-state index >= 15 is 0 Å². The molecule has 0 amide bonds. The molecular formula is C21H17IN2O8. The van der Waals surface area contributed by atoms with Gasteiger partial charge in [0.25, 0.3) is 5.69 Å². The quantitative estimate of drug-likeness (QED) is 0.168. The number of hydrogen-bond donors (Lipinski definition) is 0. The van der Waals surface area contributed by atoms with Gasteiger partial charge in [-0.05, 0) is 59.4 Å². The zero-order chi connectivity index (χ0) is 23.4. The van der Waals surface area contributed by atoms with Gasteiger partial charge in [0, 0.05) is 17.2 Å². The van der Waals surface area contributed by atoms with E-state index in [1.165, 1.54) is 26.4 Å². The Labute approximate surface area is 196 Å². The molecule has 0 aliphatic carbocycles. The molecule has 10 nitrogen and oxygen atoms in total. The second-order valence-electron chi connectivity index (χ2n) is 6.49. The van der Waals surface area contributed by atoms with Gasteiger partial charge in [-0.1, -0.05) is 6.07 Å². The Bertz CT molecular complexity index is 1170. The highest BCUT2D eigenvalue weighted by Crippen LogP contribution is 2.35. The lowest BCUT2D eigenvalue weighted by atomic mass is 10.1. The maximum atomic E-state index is 12.3. The van der Waals surface area contributed by atoms with Crippen LogP contribution in [0.1, 0.15) is 16.7 Å². The molecule has 0 N–H and O–H groups in total. The molecular weight excluding hydrogens is 535 g/mol. The van der Waals surface area contributed by atoms with Crippen LogP contribution in [0.2, 0.25) is 0 Å².